The maximum Gasteiger partial charge on any atom is 0.205 e. The van der Waals surface area contributed by atoms with Crippen LogP contribution in [0.25, 0.3) is 0 Å². The molecule has 0 saturated heterocycles. The minimum Gasteiger partial charge on any atom is -0.288 e. The van der Waals surface area contributed by atoms with E-state index in [0.29, 0.717) is 14.8 Å². The quantitative estimate of drug-likeness (QED) is 0.647. The van der Waals surface area contributed by atoms with E-state index in [0.717, 1.165) is 8.95 Å². The van der Waals surface area contributed by atoms with Crippen LogP contribution in [0.15, 0.2) is 25.8 Å². The lowest BCUT2D eigenvalue weighted by atomic mass is 10.2. The van der Waals surface area contributed by atoms with Crippen LogP contribution < -0.4 is 0 Å². The van der Waals surface area contributed by atoms with Crippen LogP contribution >= 0.6 is 66.1 Å². The summed E-state index contributed by atoms with van der Waals surface area (Å²) in [6.07, 6.45) is 0. The Morgan fingerprint density at radius 2 is 2.00 bits per heavy atom. The molecule has 0 saturated carbocycles. The van der Waals surface area contributed by atoms with Gasteiger partial charge in [0, 0.05) is 20.8 Å². The molecule has 0 atom stereocenters. The van der Waals surface area contributed by atoms with E-state index in [9.17, 15) is 4.79 Å². The summed E-state index contributed by atoms with van der Waals surface area (Å²) < 4.78 is 2.34. The highest BCUT2D eigenvalue weighted by Crippen LogP contribution is 2.34. The Labute approximate surface area is 116 Å². The molecule has 0 aliphatic carbocycles. The van der Waals surface area contributed by atoms with Gasteiger partial charge < -0.3 is 0 Å². The molecule has 2 aromatic rings. The van der Waals surface area contributed by atoms with Crippen LogP contribution in [0.4, 0.5) is 0 Å². The Bertz CT molecular complexity index is 518. The Hall–Kier alpha value is 0.320. The lowest BCUT2D eigenvalue weighted by Crippen LogP contribution is -1.96. The largest absolute Gasteiger partial charge is 0.288 e. The van der Waals surface area contributed by atoms with Gasteiger partial charge in [0.2, 0.25) is 5.78 Å². The van der Waals surface area contributed by atoms with E-state index in [1.165, 1.54) is 22.7 Å². The second kappa shape index (κ2) is 4.67. The van der Waals surface area contributed by atoms with Crippen LogP contribution in [0.1, 0.15) is 15.2 Å². The summed E-state index contributed by atoms with van der Waals surface area (Å²) >= 11 is 15.3. The fourth-order valence-electron chi connectivity index (χ4n) is 1.04. The van der Waals surface area contributed by atoms with Crippen LogP contribution in [0.3, 0.4) is 0 Å². The first-order chi connectivity index (χ1) is 7.09. The van der Waals surface area contributed by atoms with E-state index >= 15 is 0 Å². The van der Waals surface area contributed by atoms with Crippen LogP contribution in [0, 0.1) is 0 Å². The van der Waals surface area contributed by atoms with Crippen molar-refractivity contribution in [3.8, 4) is 0 Å². The van der Waals surface area contributed by atoms with Gasteiger partial charge in [-0.2, -0.15) is 0 Å². The molecule has 0 aromatic carbocycles. The number of halogens is 3. The van der Waals surface area contributed by atoms with Crippen molar-refractivity contribution in [1.29, 1.82) is 0 Å². The number of rotatable bonds is 2. The molecule has 0 aliphatic rings. The molecule has 2 rings (SSSR count). The molecule has 2 aromatic heterocycles. The topological polar surface area (TPSA) is 17.1 Å². The van der Waals surface area contributed by atoms with Crippen LogP contribution in [0.5, 0.6) is 0 Å². The number of hydrogen-bond donors (Lipinski definition) is 0. The van der Waals surface area contributed by atoms with Gasteiger partial charge in [0.15, 0.2) is 0 Å². The Kier molecular flexibility index (Phi) is 3.67. The first kappa shape index (κ1) is 11.8. The lowest BCUT2D eigenvalue weighted by molar-refractivity contribution is 0.104. The van der Waals surface area contributed by atoms with Gasteiger partial charge in [-0.3, -0.25) is 4.79 Å². The highest BCUT2D eigenvalue weighted by atomic mass is 79.9. The highest BCUT2D eigenvalue weighted by Gasteiger charge is 2.17. The lowest BCUT2D eigenvalue weighted by Gasteiger charge is -1.94. The first-order valence-corrected chi connectivity index (χ1v) is 7.53. The summed E-state index contributed by atoms with van der Waals surface area (Å²) in [5.41, 5.74) is 0.639. The molecule has 0 spiro atoms. The molecule has 1 nitrogen and oxygen atoms in total. The minimum absolute atomic E-state index is 0.000671. The number of carbonyl (C=O) groups is 1. The molecule has 6 heteroatoms. The minimum atomic E-state index is 0.000671. The summed E-state index contributed by atoms with van der Waals surface area (Å²) in [5, 5.41) is 3.65. The van der Waals surface area contributed by atoms with E-state index in [1.54, 1.807) is 11.4 Å². The number of carbonyl (C=O) groups excluding carboxylic acids is 1. The molecule has 15 heavy (non-hydrogen) atoms. The zero-order valence-electron chi connectivity index (χ0n) is 7.09. The SMILES string of the molecule is O=C(c1csc(Cl)c1)c1scc(Br)c1Br. The number of ketones is 1. The number of thiophene rings is 2. The van der Waals surface area contributed by atoms with Crippen molar-refractivity contribution >= 4 is 71.9 Å². The smallest absolute Gasteiger partial charge is 0.205 e. The molecular weight excluding hydrogens is 383 g/mol. The van der Waals surface area contributed by atoms with Gasteiger partial charge in [0.25, 0.3) is 0 Å². The molecule has 0 radical (unpaired) electrons. The zero-order valence-corrected chi connectivity index (χ0v) is 12.7. The fourth-order valence-corrected chi connectivity index (χ4v) is 4.01. The van der Waals surface area contributed by atoms with E-state index in [-0.39, 0.29) is 5.78 Å². The second-order valence-electron chi connectivity index (χ2n) is 2.70. The van der Waals surface area contributed by atoms with Gasteiger partial charge in [-0.25, -0.2) is 0 Å². The summed E-state index contributed by atoms with van der Waals surface area (Å²) in [5.74, 6) is 0.000671. The normalized spacial score (nSPS) is 10.6. The van der Waals surface area contributed by atoms with Crippen LogP contribution in [-0.2, 0) is 0 Å². The zero-order chi connectivity index (χ0) is 11.0. The fraction of sp³-hybridized carbons (Fsp3) is 0. The maximum absolute atomic E-state index is 12.0. The Morgan fingerprint density at radius 3 is 2.47 bits per heavy atom. The number of hydrogen-bond acceptors (Lipinski definition) is 3. The van der Waals surface area contributed by atoms with Crippen molar-refractivity contribution in [2.45, 2.75) is 0 Å². The van der Waals surface area contributed by atoms with E-state index in [2.05, 4.69) is 31.9 Å². The molecule has 0 fully saturated rings. The summed E-state index contributed by atoms with van der Waals surface area (Å²) in [6, 6.07) is 1.69. The van der Waals surface area contributed by atoms with Crippen molar-refractivity contribution in [1.82, 2.24) is 0 Å². The standard InChI is InChI=1S/C9H3Br2ClOS2/c10-5-3-15-9(7(5)11)8(13)4-1-6(12)14-2-4/h1-3H. The van der Waals surface area contributed by atoms with Gasteiger partial charge >= 0.3 is 0 Å². The molecule has 0 unspecified atom stereocenters. The summed E-state index contributed by atoms with van der Waals surface area (Å²) in [7, 11) is 0. The molecular formula is C9H3Br2ClOS2. The Morgan fingerprint density at radius 1 is 1.27 bits per heavy atom. The summed E-state index contributed by atoms with van der Waals surface area (Å²) in [4.78, 5) is 12.7. The molecule has 78 valence electrons. The monoisotopic (exact) mass is 384 g/mol. The van der Waals surface area contributed by atoms with Gasteiger partial charge in [0.05, 0.1) is 13.7 Å². The third-order valence-electron chi connectivity index (χ3n) is 1.73. The molecule has 2 heterocycles. The maximum atomic E-state index is 12.0. The predicted molar refractivity (Wildman–Crippen MR) is 72.5 cm³/mol. The van der Waals surface area contributed by atoms with E-state index in [4.69, 9.17) is 11.6 Å². The molecule has 0 amide bonds. The average molecular weight is 387 g/mol. The third-order valence-corrected chi connectivity index (χ3v) is 6.34. The molecule has 0 bridgehead atoms. The Balaban J connectivity index is 2.41. The van der Waals surface area contributed by atoms with Crippen LogP contribution in [-0.4, -0.2) is 5.78 Å². The molecule has 0 aliphatic heterocycles. The van der Waals surface area contributed by atoms with Gasteiger partial charge in [-0.15, -0.1) is 22.7 Å². The van der Waals surface area contributed by atoms with E-state index < -0.39 is 0 Å². The third kappa shape index (κ3) is 2.36. The van der Waals surface area contributed by atoms with Gasteiger partial charge in [0.1, 0.15) is 0 Å². The van der Waals surface area contributed by atoms with E-state index in [1.807, 2.05) is 5.38 Å². The van der Waals surface area contributed by atoms with Crippen molar-refractivity contribution < 1.29 is 4.79 Å². The highest BCUT2D eigenvalue weighted by molar-refractivity contribution is 9.13. The van der Waals surface area contributed by atoms with Crippen molar-refractivity contribution in [3.05, 3.63) is 40.5 Å². The predicted octanol–water partition coefficient (Wildman–Crippen LogP) is 5.22. The van der Waals surface area contributed by atoms with Crippen molar-refractivity contribution in [2.75, 3.05) is 0 Å². The van der Waals surface area contributed by atoms with Crippen molar-refractivity contribution in [3.63, 3.8) is 0 Å². The second-order valence-corrected chi connectivity index (χ2v) is 6.76. The first-order valence-electron chi connectivity index (χ1n) is 3.81. The molecule has 0 N–H and O–H groups in total. The van der Waals surface area contributed by atoms with Crippen LogP contribution in [0.2, 0.25) is 4.34 Å². The summed E-state index contributed by atoms with van der Waals surface area (Å²) in [6.45, 7) is 0. The van der Waals surface area contributed by atoms with Gasteiger partial charge in [-0.1, -0.05) is 11.6 Å². The average Bonchev–Trinajstić information content (AvgIpc) is 2.75. The van der Waals surface area contributed by atoms with Crippen molar-refractivity contribution in [2.24, 2.45) is 0 Å². The van der Waals surface area contributed by atoms with Gasteiger partial charge in [-0.05, 0) is 37.9 Å².